The summed E-state index contributed by atoms with van der Waals surface area (Å²) in [6.45, 7) is 11.0. The zero-order chi connectivity index (χ0) is 14.5. The van der Waals surface area contributed by atoms with Crippen LogP contribution in [-0.2, 0) is 13.6 Å². The Morgan fingerprint density at radius 1 is 1.05 bits per heavy atom. The predicted molar refractivity (Wildman–Crippen MR) is 83.0 cm³/mol. The molecule has 0 saturated carbocycles. The van der Waals surface area contributed by atoms with E-state index in [1.165, 1.54) is 0 Å². The van der Waals surface area contributed by atoms with E-state index < -0.39 is 15.7 Å². The average molecular weight is 299 g/mol. The second kappa shape index (κ2) is 6.75. The smallest absolute Gasteiger partial charge is 0.303 e. The summed E-state index contributed by atoms with van der Waals surface area (Å²) >= 11 is 0. The molecule has 0 heterocycles. The van der Waals surface area contributed by atoms with Gasteiger partial charge in [-0.25, -0.2) is 0 Å². The third-order valence-electron chi connectivity index (χ3n) is 2.63. The molecule has 0 aliphatic heterocycles. The fourth-order valence-corrected chi connectivity index (χ4v) is 8.29. The van der Waals surface area contributed by atoms with E-state index in [1.54, 1.807) is 0 Å². The van der Waals surface area contributed by atoms with Gasteiger partial charge in [-0.15, -0.1) is 12.1 Å². The Hall–Kier alpha value is -0.543. The van der Waals surface area contributed by atoms with Gasteiger partial charge in [0.2, 0.25) is 0 Å². The van der Waals surface area contributed by atoms with E-state index in [1.807, 2.05) is 44.2 Å². The Kier molecular flexibility index (Phi) is 5.87. The summed E-state index contributed by atoms with van der Waals surface area (Å²) in [5.41, 5.74) is 0.979. The van der Waals surface area contributed by atoms with Crippen LogP contribution in [0.2, 0.25) is 19.6 Å². The van der Waals surface area contributed by atoms with Crippen LogP contribution in [0.4, 0.5) is 0 Å². The summed E-state index contributed by atoms with van der Waals surface area (Å²) in [6.07, 6.45) is 0. The molecule has 108 valence electrons. The minimum absolute atomic E-state index is 0.387. The standard InChI is InChI=1S/C14H24O3PSi/c1-6-16-18(15,17-7-2)14(19(3,4)5)13-11-9-8-10-12-13/h8-12H,6-7H2,1-5H3/q-1. The van der Waals surface area contributed by atoms with Crippen LogP contribution in [0.5, 0.6) is 0 Å². The molecule has 0 atom stereocenters. The first-order valence-electron chi connectivity index (χ1n) is 6.67. The molecule has 5 heteroatoms. The number of hydrogen-bond donors (Lipinski definition) is 0. The highest BCUT2D eigenvalue weighted by Gasteiger charge is 2.39. The summed E-state index contributed by atoms with van der Waals surface area (Å²) < 4.78 is 24.2. The van der Waals surface area contributed by atoms with Gasteiger partial charge >= 0.3 is 7.60 Å². The van der Waals surface area contributed by atoms with E-state index in [2.05, 4.69) is 19.6 Å². The van der Waals surface area contributed by atoms with Gasteiger partial charge in [0.15, 0.2) is 0 Å². The van der Waals surface area contributed by atoms with Crippen molar-refractivity contribution < 1.29 is 13.6 Å². The average Bonchev–Trinajstić information content (AvgIpc) is 2.28. The second-order valence-corrected chi connectivity index (χ2v) is 12.7. The van der Waals surface area contributed by atoms with Crippen LogP contribution < -0.4 is 0 Å². The molecule has 0 aliphatic rings. The predicted octanol–water partition coefficient (Wildman–Crippen LogP) is 4.71. The molecule has 0 saturated heterocycles. The Morgan fingerprint density at radius 3 is 1.89 bits per heavy atom. The quantitative estimate of drug-likeness (QED) is 0.415. The minimum atomic E-state index is -3.19. The fraction of sp³-hybridized carbons (Fsp3) is 0.500. The van der Waals surface area contributed by atoms with Crippen LogP contribution >= 0.6 is 7.60 Å². The topological polar surface area (TPSA) is 35.5 Å². The lowest BCUT2D eigenvalue weighted by Crippen LogP contribution is -2.33. The zero-order valence-electron chi connectivity index (χ0n) is 12.5. The van der Waals surface area contributed by atoms with Gasteiger partial charge in [0.1, 0.15) is 0 Å². The van der Waals surface area contributed by atoms with Gasteiger partial charge in [0, 0.05) is 8.07 Å². The molecule has 0 unspecified atom stereocenters. The summed E-state index contributed by atoms with van der Waals surface area (Å²) in [5.74, 6) is 0. The maximum atomic E-state index is 13.1. The highest BCUT2D eigenvalue weighted by molar-refractivity contribution is 7.61. The van der Waals surface area contributed by atoms with Crippen molar-refractivity contribution in [2.24, 2.45) is 0 Å². The van der Waals surface area contributed by atoms with Crippen LogP contribution in [-0.4, -0.2) is 21.3 Å². The molecule has 1 aromatic rings. The summed E-state index contributed by atoms with van der Waals surface area (Å²) in [6, 6.07) is 9.84. The lowest BCUT2D eigenvalue weighted by atomic mass is 10.2. The molecule has 0 radical (unpaired) electrons. The molecule has 3 nitrogen and oxygen atoms in total. The van der Waals surface area contributed by atoms with E-state index in [4.69, 9.17) is 9.05 Å². The summed E-state index contributed by atoms with van der Waals surface area (Å²) in [5, 5.41) is 0.879. The number of rotatable bonds is 7. The van der Waals surface area contributed by atoms with Crippen LogP contribution in [0.1, 0.15) is 19.4 Å². The van der Waals surface area contributed by atoms with Crippen molar-refractivity contribution in [3.63, 3.8) is 0 Å². The van der Waals surface area contributed by atoms with Crippen LogP contribution in [0.25, 0.3) is 0 Å². The van der Waals surface area contributed by atoms with E-state index in [9.17, 15) is 4.57 Å². The van der Waals surface area contributed by atoms with Crippen molar-refractivity contribution in [2.45, 2.75) is 33.5 Å². The van der Waals surface area contributed by atoms with Crippen molar-refractivity contribution >= 4 is 15.7 Å². The Bertz CT molecular complexity index is 418. The molecular weight excluding hydrogens is 275 g/mol. The second-order valence-electron chi connectivity index (χ2n) is 5.30. The first-order valence-corrected chi connectivity index (χ1v) is 11.7. The maximum Gasteiger partial charge on any atom is 0.303 e. The monoisotopic (exact) mass is 299 g/mol. The van der Waals surface area contributed by atoms with Crippen molar-refractivity contribution in [3.05, 3.63) is 41.2 Å². The molecule has 0 aromatic heterocycles. The Morgan fingerprint density at radius 2 is 1.53 bits per heavy atom. The lowest BCUT2D eigenvalue weighted by Gasteiger charge is -2.41. The van der Waals surface area contributed by atoms with Crippen LogP contribution in [0.15, 0.2) is 30.3 Å². The minimum Gasteiger partial charge on any atom is -0.314 e. The summed E-state index contributed by atoms with van der Waals surface area (Å²) in [7, 11) is -5.03. The number of hydrogen-bond acceptors (Lipinski definition) is 3. The van der Waals surface area contributed by atoms with Gasteiger partial charge in [0.25, 0.3) is 0 Å². The first-order chi connectivity index (χ1) is 8.85. The molecule has 19 heavy (non-hydrogen) atoms. The molecular formula is C14H24O3PSi-. The summed E-state index contributed by atoms with van der Waals surface area (Å²) in [4.78, 5) is 0. The Balaban J connectivity index is 3.27. The van der Waals surface area contributed by atoms with E-state index >= 15 is 0 Å². The normalized spacial score (nSPS) is 12.5. The molecule has 0 spiro atoms. The van der Waals surface area contributed by atoms with Gasteiger partial charge in [-0.1, -0.05) is 31.0 Å². The zero-order valence-corrected chi connectivity index (χ0v) is 14.4. The molecule has 0 aliphatic carbocycles. The molecule has 1 aromatic carbocycles. The van der Waals surface area contributed by atoms with Gasteiger partial charge in [-0.05, 0) is 13.8 Å². The highest BCUT2D eigenvalue weighted by atomic mass is 31.2. The third kappa shape index (κ3) is 4.21. The van der Waals surface area contributed by atoms with Crippen LogP contribution in [0, 0.1) is 5.28 Å². The Labute approximate surface area is 117 Å². The molecule has 0 amide bonds. The largest absolute Gasteiger partial charge is 0.314 e. The van der Waals surface area contributed by atoms with Crippen LogP contribution in [0.3, 0.4) is 0 Å². The van der Waals surface area contributed by atoms with Gasteiger partial charge in [-0.3, -0.25) is 4.57 Å². The SMILES string of the molecule is CCOP(=O)(OCC)[C-](c1ccccc1)[Si](C)(C)C. The maximum absolute atomic E-state index is 13.1. The van der Waals surface area contributed by atoms with Gasteiger partial charge in [0.05, 0.1) is 13.2 Å². The molecule has 0 bridgehead atoms. The molecule has 0 fully saturated rings. The molecule has 0 N–H and O–H groups in total. The van der Waals surface area contributed by atoms with E-state index in [-0.39, 0.29) is 0 Å². The van der Waals surface area contributed by atoms with Crippen molar-refractivity contribution in [1.82, 2.24) is 0 Å². The fourth-order valence-electron chi connectivity index (χ4n) is 2.10. The van der Waals surface area contributed by atoms with E-state index in [0.717, 1.165) is 10.8 Å². The van der Waals surface area contributed by atoms with Gasteiger partial charge in [-0.2, -0.15) is 17.7 Å². The van der Waals surface area contributed by atoms with E-state index in [0.29, 0.717) is 13.2 Å². The van der Waals surface area contributed by atoms with Crippen molar-refractivity contribution in [1.29, 1.82) is 0 Å². The lowest BCUT2D eigenvalue weighted by molar-refractivity contribution is 0.224. The van der Waals surface area contributed by atoms with Crippen molar-refractivity contribution in [2.75, 3.05) is 13.2 Å². The first kappa shape index (κ1) is 16.5. The van der Waals surface area contributed by atoms with Gasteiger partial charge < -0.3 is 9.05 Å². The highest BCUT2D eigenvalue weighted by Crippen LogP contribution is 2.63. The number of benzene rings is 1. The van der Waals surface area contributed by atoms with Crippen molar-refractivity contribution in [3.8, 4) is 0 Å². The molecule has 1 rings (SSSR count). The third-order valence-corrected chi connectivity index (χ3v) is 9.18.